The summed E-state index contributed by atoms with van der Waals surface area (Å²) in [5, 5.41) is 22.1. The van der Waals surface area contributed by atoms with E-state index in [-0.39, 0.29) is 17.9 Å². The summed E-state index contributed by atoms with van der Waals surface area (Å²) in [4.78, 5) is 32.9. The molecular weight excluding hydrogens is 278 g/mol. The van der Waals surface area contributed by atoms with E-state index in [0.29, 0.717) is 13.0 Å². The number of aryl methyl sites for hydroxylation is 1. The molecule has 8 nitrogen and oxygen atoms in total. The van der Waals surface area contributed by atoms with Gasteiger partial charge in [0.25, 0.3) is 11.6 Å². The summed E-state index contributed by atoms with van der Waals surface area (Å²) < 4.78 is 1.54. The zero-order valence-electron chi connectivity index (χ0n) is 12.0. The van der Waals surface area contributed by atoms with Crippen molar-refractivity contribution in [3.63, 3.8) is 0 Å². The van der Waals surface area contributed by atoms with Crippen molar-refractivity contribution < 1.29 is 19.6 Å². The lowest BCUT2D eigenvalue weighted by Crippen LogP contribution is -2.28. The maximum atomic E-state index is 12.0. The number of aromatic nitrogens is 1. The molecule has 1 atom stereocenters. The molecule has 1 aromatic rings. The molecule has 0 aliphatic heterocycles. The van der Waals surface area contributed by atoms with Gasteiger partial charge in [-0.15, -0.1) is 0 Å². The molecule has 1 heterocycles. The SMILES string of the molecule is CCCn1cc([N+](=O)[O-])cc1C(=O)NCCC(C)C(=O)O. The summed E-state index contributed by atoms with van der Waals surface area (Å²) >= 11 is 0. The molecule has 0 saturated carbocycles. The maximum absolute atomic E-state index is 12.0. The molecule has 8 heteroatoms. The van der Waals surface area contributed by atoms with Crippen LogP contribution in [0.1, 0.15) is 37.2 Å². The summed E-state index contributed by atoms with van der Waals surface area (Å²) in [5.74, 6) is -1.91. The number of carbonyl (C=O) groups is 2. The van der Waals surface area contributed by atoms with E-state index >= 15 is 0 Å². The van der Waals surface area contributed by atoms with Crippen molar-refractivity contribution in [1.29, 1.82) is 0 Å². The van der Waals surface area contributed by atoms with E-state index in [2.05, 4.69) is 5.32 Å². The number of nitro groups is 1. The van der Waals surface area contributed by atoms with E-state index in [4.69, 9.17) is 5.11 Å². The zero-order chi connectivity index (χ0) is 16.0. The number of carboxylic acid groups (broad SMARTS) is 1. The Hall–Kier alpha value is -2.38. The average molecular weight is 297 g/mol. The van der Waals surface area contributed by atoms with Crippen molar-refractivity contribution in [2.45, 2.75) is 33.2 Å². The van der Waals surface area contributed by atoms with E-state index in [1.165, 1.54) is 16.8 Å². The summed E-state index contributed by atoms with van der Waals surface area (Å²) in [7, 11) is 0. The third-order valence-corrected chi connectivity index (χ3v) is 3.07. The van der Waals surface area contributed by atoms with Gasteiger partial charge in [-0.25, -0.2) is 0 Å². The van der Waals surface area contributed by atoms with Crippen LogP contribution in [0.25, 0.3) is 0 Å². The number of carboxylic acids is 1. The number of aliphatic carboxylic acids is 1. The quantitative estimate of drug-likeness (QED) is 0.559. The number of amides is 1. The molecule has 116 valence electrons. The highest BCUT2D eigenvalue weighted by Crippen LogP contribution is 2.17. The molecule has 0 aromatic carbocycles. The van der Waals surface area contributed by atoms with Crippen LogP contribution >= 0.6 is 0 Å². The topological polar surface area (TPSA) is 114 Å². The maximum Gasteiger partial charge on any atom is 0.306 e. The average Bonchev–Trinajstić information content (AvgIpc) is 2.83. The Morgan fingerprint density at radius 1 is 1.52 bits per heavy atom. The van der Waals surface area contributed by atoms with Crippen LogP contribution in [0.15, 0.2) is 12.3 Å². The lowest BCUT2D eigenvalue weighted by molar-refractivity contribution is -0.384. The Balaban J connectivity index is 2.72. The first-order valence-electron chi connectivity index (χ1n) is 6.72. The molecule has 0 aliphatic carbocycles. The normalized spacial score (nSPS) is 11.9. The van der Waals surface area contributed by atoms with Gasteiger partial charge in [-0.1, -0.05) is 13.8 Å². The lowest BCUT2D eigenvalue weighted by atomic mass is 10.1. The number of hydrogen-bond acceptors (Lipinski definition) is 4. The first kappa shape index (κ1) is 16.7. The third-order valence-electron chi connectivity index (χ3n) is 3.07. The molecule has 0 fully saturated rings. The zero-order valence-corrected chi connectivity index (χ0v) is 12.0. The van der Waals surface area contributed by atoms with E-state index in [1.807, 2.05) is 6.92 Å². The summed E-state index contributed by atoms with van der Waals surface area (Å²) in [6.45, 7) is 4.17. The first-order valence-corrected chi connectivity index (χ1v) is 6.72. The predicted molar refractivity (Wildman–Crippen MR) is 75.1 cm³/mol. The second-order valence-electron chi connectivity index (χ2n) is 4.82. The van der Waals surface area contributed by atoms with Gasteiger partial charge in [-0.3, -0.25) is 19.7 Å². The van der Waals surface area contributed by atoms with Crippen molar-refractivity contribution >= 4 is 17.6 Å². The van der Waals surface area contributed by atoms with Gasteiger partial charge >= 0.3 is 5.97 Å². The predicted octanol–water partition coefficient (Wildman–Crippen LogP) is 1.65. The summed E-state index contributed by atoms with van der Waals surface area (Å²) in [5.41, 5.74) is 0.0824. The number of carbonyl (C=O) groups excluding carboxylic acids is 1. The molecule has 1 aromatic heterocycles. The Morgan fingerprint density at radius 3 is 2.71 bits per heavy atom. The van der Waals surface area contributed by atoms with Gasteiger partial charge < -0.3 is 15.0 Å². The minimum Gasteiger partial charge on any atom is -0.481 e. The van der Waals surface area contributed by atoms with Crippen molar-refractivity contribution in [3.05, 3.63) is 28.1 Å². The lowest BCUT2D eigenvalue weighted by Gasteiger charge is -2.09. The van der Waals surface area contributed by atoms with Gasteiger partial charge in [0.05, 0.1) is 17.0 Å². The van der Waals surface area contributed by atoms with Crippen LogP contribution < -0.4 is 5.32 Å². The van der Waals surface area contributed by atoms with E-state index in [0.717, 1.165) is 6.42 Å². The van der Waals surface area contributed by atoms with Crippen LogP contribution in [-0.4, -0.2) is 33.0 Å². The van der Waals surface area contributed by atoms with E-state index in [9.17, 15) is 19.7 Å². The minimum atomic E-state index is -0.922. The van der Waals surface area contributed by atoms with Gasteiger partial charge in [-0.2, -0.15) is 0 Å². The largest absolute Gasteiger partial charge is 0.481 e. The minimum absolute atomic E-state index is 0.132. The highest BCUT2D eigenvalue weighted by atomic mass is 16.6. The van der Waals surface area contributed by atoms with Crippen LogP contribution in [0.5, 0.6) is 0 Å². The Morgan fingerprint density at radius 2 is 2.19 bits per heavy atom. The van der Waals surface area contributed by atoms with Crippen molar-refractivity contribution in [1.82, 2.24) is 9.88 Å². The molecule has 1 unspecified atom stereocenters. The Bertz CT molecular complexity index is 538. The summed E-state index contributed by atoms with van der Waals surface area (Å²) in [6, 6.07) is 1.23. The van der Waals surface area contributed by atoms with Gasteiger partial charge in [-0.05, 0) is 12.8 Å². The fourth-order valence-corrected chi connectivity index (χ4v) is 1.83. The van der Waals surface area contributed by atoms with Crippen LogP contribution in [0.4, 0.5) is 5.69 Å². The molecule has 1 amide bonds. The van der Waals surface area contributed by atoms with Crippen molar-refractivity contribution in [2.24, 2.45) is 5.92 Å². The molecule has 21 heavy (non-hydrogen) atoms. The highest BCUT2D eigenvalue weighted by molar-refractivity contribution is 5.93. The van der Waals surface area contributed by atoms with Gasteiger partial charge in [0.1, 0.15) is 5.69 Å². The standard InChI is InChI=1S/C13H19N3O5/c1-3-6-15-8-10(16(20)21)7-11(15)12(17)14-5-4-9(2)13(18)19/h7-9H,3-6H2,1-2H3,(H,14,17)(H,18,19). The number of hydrogen-bond donors (Lipinski definition) is 2. The highest BCUT2D eigenvalue weighted by Gasteiger charge is 2.19. The molecule has 2 N–H and O–H groups in total. The molecule has 1 rings (SSSR count). The van der Waals surface area contributed by atoms with E-state index < -0.39 is 22.7 Å². The second-order valence-corrected chi connectivity index (χ2v) is 4.82. The van der Waals surface area contributed by atoms with Crippen molar-refractivity contribution in [3.8, 4) is 0 Å². The molecule has 0 aliphatic rings. The number of rotatable bonds is 8. The van der Waals surface area contributed by atoms with E-state index in [1.54, 1.807) is 6.92 Å². The van der Waals surface area contributed by atoms with Crippen LogP contribution in [0, 0.1) is 16.0 Å². The van der Waals surface area contributed by atoms with Crippen molar-refractivity contribution in [2.75, 3.05) is 6.54 Å². The van der Waals surface area contributed by atoms with Crippen LogP contribution in [-0.2, 0) is 11.3 Å². The molecule has 0 spiro atoms. The Kier molecular flexibility index (Phi) is 5.89. The fourth-order valence-electron chi connectivity index (χ4n) is 1.83. The number of nitrogens with zero attached hydrogens (tertiary/aromatic N) is 2. The van der Waals surface area contributed by atoms with Gasteiger partial charge in [0.2, 0.25) is 0 Å². The van der Waals surface area contributed by atoms with Crippen LogP contribution in [0.2, 0.25) is 0 Å². The monoisotopic (exact) mass is 297 g/mol. The second kappa shape index (κ2) is 7.41. The van der Waals surface area contributed by atoms with Crippen LogP contribution in [0.3, 0.4) is 0 Å². The molecule has 0 radical (unpaired) electrons. The van der Waals surface area contributed by atoms with Gasteiger partial charge in [0, 0.05) is 19.2 Å². The number of nitrogens with one attached hydrogen (secondary N) is 1. The third kappa shape index (κ3) is 4.59. The molecule has 0 bridgehead atoms. The fraction of sp³-hybridized carbons (Fsp3) is 0.538. The smallest absolute Gasteiger partial charge is 0.306 e. The molecular formula is C13H19N3O5. The van der Waals surface area contributed by atoms with Gasteiger partial charge in [0.15, 0.2) is 0 Å². The molecule has 0 saturated heterocycles. The summed E-state index contributed by atoms with van der Waals surface area (Å²) in [6.07, 6.45) is 2.37. The first-order chi connectivity index (χ1) is 9.86. The Labute approximate surface area is 121 Å².